The summed E-state index contributed by atoms with van der Waals surface area (Å²) in [6.45, 7) is 3.99. The molecule has 1 heterocycles. The lowest BCUT2D eigenvalue weighted by atomic mass is 9.97. The van der Waals surface area contributed by atoms with E-state index in [4.69, 9.17) is 9.84 Å². The van der Waals surface area contributed by atoms with E-state index in [0.29, 0.717) is 0 Å². The molecule has 0 radical (unpaired) electrons. The molecule has 0 atom stereocenters. The third-order valence-corrected chi connectivity index (χ3v) is 1.92. The number of esters is 1. The van der Waals surface area contributed by atoms with E-state index in [1.54, 1.807) is 20.8 Å². The Bertz CT molecular complexity index is 291. The van der Waals surface area contributed by atoms with Crippen LogP contribution in [0.25, 0.3) is 0 Å². The Morgan fingerprint density at radius 1 is 1.40 bits per heavy atom. The molecule has 0 saturated carbocycles. The highest BCUT2D eigenvalue weighted by Gasteiger charge is 2.54. The Balaban J connectivity index is 2.53. The number of carboxylic acid groups (broad SMARTS) is 1. The molecule has 0 aromatic rings. The van der Waals surface area contributed by atoms with Crippen LogP contribution in [0.2, 0.25) is 0 Å². The number of hydrogen-bond donors (Lipinski definition) is 1. The quantitative estimate of drug-likeness (QED) is 0.669. The average molecular weight is 219 g/mol. The van der Waals surface area contributed by atoms with Crippen LogP contribution in [0.3, 0.4) is 0 Å². The molecule has 15 heavy (non-hydrogen) atoms. The molecule has 0 aromatic heterocycles. The van der Waals surface area contributed by atoms with Gasteiger partial charge in [-0.2, -0.15) is 0 Å². The summed E-state index contributed by atoms with van der Waals surface area (Å²) in [6.07, 6.45) is -1.23. The van der Waals surface area contributed by atoms with E-state index in [1.165, 1.54) is 0 Å². The molecule has 1 aliphatic rings. The van der Waals surface area contributed by atoms with Crippen molar-refractivity contribution < 1.29 is 23.8 Å². The third-order valence-electron chi connectivity index (χ3n) is 1.92. The zero-order chi connectivity index (χ0) is 11.9. The van der Waals surface area contributed by atoms with Gasteiger partial charge < -0.3 is 14.7 Å². The smallest absolute Gasteiger partial charge is 0.407 e. The van der Waals surface area contributed by atoms with Crippen molar-refractivity contribution in [1.82, 2.24) is 4.90 Å². The van der Waals surface area contributed by atoms with Crippen molar-refractivity contribution in [2.45, 2.75) is 32.0 Å². The second kappa shape index (κ2) is 3.36. The van der Waals surface area contributed by atoms with Gasteiger partial charge in [-0.3, -0.25) is 0 Å². The van der Waals surface area contributed by atoms with Gasteiger partial charge in [-0.25, -0.2) is 14.0 Å². The van der Waals surface area contributed by atoms with E-state index in [0.717, 1.165) is 4.90 Å². The maximum absolute atomic E-state index is 13.7. The van der Waals surface area contributed by atoms with E-state index in [1.807, 2.05) is 0 Å². The fourth-order valence-corrected chi connectivity index (χ4v) is 1.19. The molecule has 6 heteroatoms. The van der Waals surface area contributed by atoms with E-state index in [-0.39, 0.29) is 0 Å². The van der Waals surface area contributed by atoms with Crippen LogP contribution in [-0.2, 0) is 9.53 Å². The SMILES string of the molecule is CC(C)(C)OC(=O)C1(F)CN(C(=O)O)C1. The van der Waals surface area contributed by atoms with Crippen LogP contribution in [0.4, 0.5) is 9.18 Å². The van der Waals surface area contributed by atoms with Crippen LogP contribution in [0.5, 0.6) is 0 Å². The van der Waals surface area contributed by atoms with Crippen LogP contribution in [0, 0.1) is 0 Å². The zero-order valence-corrected chi connectivity index (χ0v) is 8.91. The molecule has 1 amide bonds. The van der Waals surface area contributed by atoms with Gasteiger partial charge in [0.15, 0.2) is 0 Å². The third kappa shape index (κ3) is 2.57. The summed E-state index contributed by atoms with van der Waals surface area (Å²) in [5.41, 5.74) is -2.94. The summed E-state index contributed by atoms with van der Waals surface area (Å²) in [6, 6.07) is 0. The normalized spacial score (nSPS) is 19.3. The monoisotopic (exact) mass is 219 g/mol. The molecule has 86 valence electrons. The van der Waals surface area contributed by atoms with Gasteiger partial charge in [0.25, 0.3) is 0 Å². The van der Waals surface area contributed by atoms with Gasteiger partial charge in [0.2, 0.25) is 5.67 Å². The summed E-state index contributed by atoms with van der Waals surface area (Å²) in [5.74, 6) is -0.993. The average Bonchev–Trinajstić information content (AvgIpc) is 1.94. The van der Waals surface area contributed by atoms with Gasteiger partial charge in [0.05, 0.1) is 13.1 Å². The Labute approximate surface area is 86.8 Å². The van der Waals surface area contributed by atoms with E-state index in [9.17, 15) is 14.0 Å². The summed E-state index contributed by atoms with van der Waals surface area (Å²) in [5, 5.41) is 8.49. The van der Waals surface area contributed by atoms with Gasteiger partial charge in [-0.15, -0.1) is 0 Å². The number of halogens is 1. The van der Waals surface area contributed by atoms with Crippen molar-refractivity contribution in [2.24, 2.45) is 0 Å². The van der Waals surface area contributed by atoms with Crippen molar-refractivity contribution in [3.63, 3.8) is 0 Å². The van der Waals surface area contributed by atoms with Crippen molar-refractivity contribution >= 4 is 12.1 Å². The number of rotatable bonds is 1. The maximum atomic E-state index is 13.7. The van der Waals surface area contributed by atoms with Gasteiger partial charge in [-0.1, -0.05) is 0 Å². The lowest BCUT2D eigenvalue weighted by molar-refractivity contribution is -0.179. The van der Waals surface area contributed by atoms with Crippen molar-refractivity contribution in [3.05, 3.63) is 0 Å². The second-order valence-corrected chi connectivity index (χ2v) is 4.61. The predicted molar refractivity (Wildman–Crippen MR) is 49.3 cm³/mol. The summed E-state index contributed by atoms with van der Waals surface area (Å²) >= 11 is 0. The first kappa shape index (κ1) is 11.7. The minimum Gasteiger partial charge on any atom is -0.465 e. The zero-order valence-electron chi connectivity index (χ0n) is 8.91. The van der Waals surface area contributed by atoms with E-state index < -0.39 is 36.4 Å². The van der Waals surface area contributed by atoms with Crippen LogP contribution in [-0.4, -0.2) is 46.4 Å². The first-order chi connectivity index (χ1) is 6.64. The number of carbonyl (C=O) groups is 2. The first-order valence-corrected chi connectivity index (χ1v) is 4.54. The maximum Gasteiger partial charge on any atom is 0.407 e. The molecule has 0 spiro atoms. The van der Waals surface area contributed by atoms with E-state index >= 15 is 0 Å². The highest BCUT2D eigenvalue weighted by Crippen LogP contribution is 2.28. The molecular formula is C9H14FNO4. The largest absolute Gasteiger partial charge is 0.465 e. The molecule has 0 aliphatic carbocycles. The highest BCUT2D eigenvalue weighted by atomic mass is 19.1. The van der Waals surface area contributed by atoms with Crippen molar-refractivity contribution in [3.8, 4) is 0 Å². The standard InChI is InChI=1S/C9H14FNO4/c1-8(2,3)15-6(12)9(10)4-11(5-9)7(13)14/h4-5H2,1-3H3,(H,13,14). The molecule has 1 saturated heterocycles. The number of nitrogens with zero attached hydrogens (tertiary/aromatic N) is 1. The van der Waals surface area contributed by atoms with Crippen molar-refractivity contribution in [1.29, 1.82) is 0 Å². The molecule has 5 nitrogen and oxygen atoms in total. The lowest BCUT2D eigenvalue weighted by Gasteiger charge is -2.41. The van der Waals surface area contributed by atoms with Crippen LogP contribution in [0.15, 0.2) is 0 Å². The molecule has 1 rings (SSSR count). The molecule has 0 unspecified atom stereocenters. The van der Waals surface area contributed by atoms with Crippen molar-refractivity contribution in [2.75, 3.05) is 13.1 Å². The number of hydrogen-bond acceptors (Lipinski definition) is 3. The Kier molecular flexibility index (Phi) is 2.63. The molecule has 1 aliphatic heterocycles. The molecule has 1 fully saturated rings. The van der Waals surface area contributed by atoms with Gasteiger partial charge >= 0.3 is 12.1 Å². The number of ether oxygens (including phenoxy) is 1. The summed E-state index contributed by atoms with van der Waals surface area (Å²) < 4.78 is 18.5. The number of likely N-dealkylation sites (tertiary alicyclic amines) is 1. The van der Waals surface area contributed by atoms with Gasteiger partial charge in [-0.05, 0) is 20.8 Å². The molecule has 0 bridgehead atoms. The minimum absolute atomic E-state index is 0.447. The first-order valence-electron chi connectivity index (χ1n) is 4.54. The van der Waals surface area contributed by atoms with Gasteiger partial charge in [0, 0.05) is 0 Å². The lowest BCUT2D eigenvalue weighted by Crippen LogP contribution is -2.65. The summed E-state index contributed by atoms with van der Waals surface area (Å²) in [4.78, 5) is 22.5. The second-order valence-electron chi connectivity index (χ2n) is 4.61. The Morgan fingerprint density at radius 2 is 1.87 bits per heavy atom. The number of carbonyl (C=O) groups excluding carboxylic acids is 1. The van der Waals surface area contributed by atoms with Crippen LogP contribution < -0.4 is 0 Å². The van der Waals surface area contributed by atoms with E-state index in [2.05, 4.69) is 0 Å². The van der Waals surface area contributed by atoms with Gasteiger partial charge in [0.1, 0.15) is 5.60 Å². The highest BCUT2D eigenvalue weighted by molar-refractivity contribution is 5.84. The molecule has 0 aromatic carbocycles. The fourth-order valence-electron chi connectivity index (χ4n) is 1.19. The topological polar surface area (TPSA) is 66.8 Å². The van der Waals surface area contributed by atoms with Crippen LogP contribution in [0.1, 0.15) is 20.8 Å². The fraction of sp³-hybridized carbons (Fsp3) is 0.778. The molecular weight excluding hydrogens is 205 g/mol. The Hall–Kier alpha value is -1.33. The number of alkyl halides is 1. The van der Waals surface area contributed by atoms with Crippen LogP contribution >= 0.6 is 0 Å². The summed E-state index contributed by atoms with van der Waals surface area (Å²) in [7, 11) is 0. The number of amides is 1. The Morgan fingerprint density at radius 3 is 2.20 bits per heavy atom. The predicted octanol–water partition coefficient (Wildman–Crippen LogP) is 1.03. The molecule has 1 N–H and O–H groups in total. The minimum atomic E-state index is -2.17.